The Hall–Kier alpha value is -3.12. The second-order valence-electron chi connectivity index (χ2n) is 9.92. The number of anilines is 1. The molecule has 34 heavy (non-hydrogen) atoms. The first-order valence-corrected chi connectivity index (χ1v) is 12.2. The van der Waals surface area contributed by atoms with Gasteiger partial charge in [0.1, 0.15) is 0 Å². The van der Waals surface area contributed by atoms with E-state index >= 15 is 0 Å². The van der Waals surface area contributed by atoms with E-state index in [4.69, 9.17) is 4.74 Å². The van der Waals surface area contributed by atoms with E-state index in [2.05, 4.69) is 35.4 Å². The van der Waals surface area contributed by atoms with Crippen LogP contribution in [0.25, 0.3) is 22.0 Å². The Labute approximate surface area is 201 Å². The maximum absolute atomic E-state index is 13.2. The lowest BCUT2D eigenvalue weighted by atomic mass is 9.89. The summed E-state index contributed by atoms with van der Waals surface area (Å²) in [6, 6.07) is 12.4. The Morgan fingerprint density at radius 1 is 1.03 bits per heavy atom. The number of rotatable bonds is 7. The summed E-state index contributed by atoms with van der Waals surface area (Å²) in [5.41, 5.74) is 4.43. The zero-order valence-electron chi connectivity index (χ0n) is 20.2. The molecule has 0 saturated heterocycles. The van der Waals surface area contributed by atoms with E-state index in [1.165, 1.54) is 0 Å². The molecule has 0 atom stereocenters. The molecule has 6 heteroatoms. The van der Waals surface area contributed by atoms with Crippen molar-refractivity contribution in [2.24, 2.45) is 5.92 Å². The zero-order valence-corrected chi connectivity index (χ0v) is 20.2. The summed E-state index contributed by atoms with van der Waals surface area (Å²) in [5, 5.41) is 14.7. The smallest absolute Gasteiger partial charge is 0.169 e. The van der Waals surface area contributed by atoms with Crippen LogP contribution in [0.15, 0.2) is 42.6 Å². The van der Waals surface area contributed by atoms with Crippen molar-refractivity contribution in [2.45, 2.75) is 50.6 Å². The first kappa shape index (κ1) is 22.7. The van der Waals surface area contributed by atoms with Gasteiger partial charge < -0.3 is 20.1 Å². The van der Waals surface area contributed by atoms with Crippen LogP contribution in [0.4, 0.5) is 5.69 Å². The first-order chi connectivity index (χ1) is 16.4. The molecule has 178 valence electrons. The van der Waals surface area contributed by atoms with Crippen LogP contribution in [0.5, 0.6) is 11.5 Å². The number of Topliss-reactive ketones (excluding diaryl/α,β-unsaturated/α-hetero) is 1. The SMILES string of the molecule is COc1cc(-c2ccc3ncc(C(=O)C4CC4)c(N[C@H]4CC[C@H](N(C)C)CC4)c3c2)ccc1O. The number of nitrogens with zero attached hydrogens (tertiary/aromatic N) is 2. The normalized spacial score (nSPS) is 20.5. The minimum atomic E-state index is 0.113. The number of carbonyl (C=O) groups excluding carboxylic acids is 1. The van der Waals surface area contributed by atoms with Gasteiger partial charge in [0.25, 0.3) is 0 Å². The molecular weight excluding hydrogens is 426 g/mol. The predicted molar refractivity (Wildman–Crippen MR) is 136 cm³/mol. The summed E-state index contributed by atoms with van der Waals surface area (Å²) < 4.78 is 5.31. The molecule has 2 aliphatic rings. The van der Waals surface area contributed by atoms with Gasteiger partial charge in [0.15, 0.2) is 17.3 Å². The standard InChI is InChI=1S/C28H33N3O3/c1-31(2)21-10-8-20(9-11-21)30-27-22-14-18(19-7-13-25(32)26(15-19)34-3)6-12-24(22)29-16-23(27)28(33)17-4-5-17/h6-7,12-17,20-21,32H,4-5,8-11H2,1-3H3,(H,29,30)/t20-,21-. The van der Waals surface area contributed by atoms with Crippen molar-refractivity contribution in [2.75, 3.05) is 26.5 Å². The number of ketones is 1. The summed E-state index contributed by atoms with van der Waals surface area (Å²) in [6.07, 6.45) is 8.17. The molecule has 1 heterocycles. The molecule has 0 aliphatic heterocycles. The number of fused-ring (bicyclic) bond motifs is 1. The Balaban J connectivity index is 1.55. The van der Waals surface area contributed by atoms with Gasteiger partial charge in [-0.15, -0.1) is 0 Å². The molecule has 2 N–H and O–H groups in total. The van der Waals surface area contributed by atoms with Crippen molar-refractivity contribution in [3.63, 3.8) is 0 Å². The van der Waals surface area contributed by atoms with Crippen LogP contribution in [0.2, 0.25) is 0 Å². The number of phenolic OH excluding ortho intramolecular Hbond substituents is 1. The van der Waals surface area contributed by atoms with Crippen LogP contribution in [0, 0.1) is 5.92 Å². The number of nitrogens with one attached hydrogen (secondary N) is 1. The van der Waals surface area contributed by atoms with Gasteiger partial charge in [0.2, 0.25) is 0 Å². The second-order valence-corrected chi connectivity index (χ2v) is 9.92. The van der Waals surface area contributed by atoms with Crippen molar-refractivity contribution >= 4 is 22.4 Å². The van der Waals surface area contributed by atoms with E-state index in [1.807, 2.05) is 24.3 Å². The van der Waals surface area contributed by atoms with Gasteiger partial charge >= 0.3 is 0 Å². The van der Waals surface area contributed by atoms with E-state index in [1.54, 1.807) is 19.4 Å². The number of hydrogen-bond acceptors (Lipinski definition) is 6. The van der Waals surface area contributed by atoms with Gasteiger partial charge in [-0.25, -0.2) is 0 Å². The van der Waals surface area contributed by atoms with Crippen molar-refractivity contribution in [3.8, 4) is 22.6 Å². The minimum absolute atomic E-state index is 0.113. The third-order valence-corrected chi connectivity index (χ3v) is 7.37. The highest BCUT2D eigenvalue weighted by Gasteiger charge is 2.33. The number of phenols is 1. The lowest BCUT2D eigenvalue weighted by Gasteiger charge is -2.34. The topological polar surface area (TPSA) is 74.7 Å². The zero-order chi connectivity index (χ0) is 23.8. The molecule has 0 amide bonds. The fourth-order valence-corrected chi connectivity index (χ4v) is 5.08. The number of methoxy groups -OCH3 is 1. The Morgan fingerprint density at radius 2 is 1.74 bits per heavy atom. The van der Waals surface area contributed by atoms with Crippen LogP contribution < -0.4 is 10.1 Å². The van der Waals surface area contributed by atoms with E-state index in [0.717, 1.165) is 66.2 Å². The van der Waals surface area contributed by atoms with Gasteiger partial charge in [-0.1, -0.05) is 12.1 Å². The van der Waals surface area contributed by atoms with Crippen LogP contribution in [-0.2, 0) is 0 Å². The summed E-state index contributed by atoms with van der Waals surface area (Å²) in [4.78, 5) is 20.2. The number of benzene rings is 2. The predicted octanol–water partition coefficient (Wildman–Crippen LogP) is 5.49. The largest absolute Gasteiger partial charge is 0.504 e. The van der Waals surface area contributed by atoms with Crippen molar-refractivity contribution in [1.82, 2.24) is 9.88 Å². The molecule has 5 rings (SSSR count). The van der Waals surface area contributed by atoms with Crippen LogP contribution >= 0.6 is 0 Å². The molecule has 0 unspecified atom stereocenters. The second kappa shape index (κ2) is 9.26. The van der Waals surface area contributed by atoms with Gasteiger partial charge in [-0.05, 0) is 88.0 Å². The third kappa shape index (κ3) is 4.47. The summed E-state index contributed by atoms with van der Waals surface area (Å²) in [7, 11) is 5.86. The Kier molecular flexibility index (Phi) is 6.17. The average molecular weight is 460 g/mol. The van der Waals surface area contributed by atoms with Crippen molar-refractivity contribution in [3.05, 3.63) is 48.2 Å². The fourth-order valence-electron chi connectivity index (χ4n) is 5.08. The number of carbonyl (C=O) groups is 1. The van der Waals surface area contributed by atoms with E-state index in [0.29, 0.717) is 23.4 Å². The minimum Gasteiger partial charge on any atom is -0.504 e. The molecule has 2 fully saturated rings. The fraction of sp³-hybridized carbons (Fsp3) is 0.429. The van der Waals surface area contributed by atoms with E-state index < -0.39 is 0 Å². The van der Waals surface area contributed by atoms with E-state index in [9.17, 15) is 9.90 Å². The molecule has 6 nitrogen and oxygen atoms in total. The molecule has 0 bridgehead atoms. The quantitative estimate of drug-likeness (QED) is 0.455. The Bertz CT molecular complexity index is 1210. The lowest BCUT2D eigenvalue weighted by Crippen LogP contribution is -2.36. The molecule has 2 aromatic carbocycles. The summed E-state index contributed by atoms with van der Waals surface area (Å²) in [5.74, 6) is 0.885. The van der Waals surface area contributed by atoms with Crippen molar-refractivity contribution in [1.29, 1.82) is 0 Å². The van der Waals surface area contributed by atoms with E-state index in [-0.39, 0.29) is 17.5 Å². The van der Waals surface area contributed by atoms with Gasteiger partial charge in [0.05, 0.1) is 23.9 Å². The number of aromatic hydroxyl groups is 1. The van der Waals surface area contributed by atoms with Crippen LogP contribution in [0.1, 0.15) is 48.9 Å². The lowest BCUT2D eigenvalue weighted by molar-refractivity contribution is 0.0968. The molecule has 1 aromatic heterocycles. The first-order valence-electron chi connectivity index (χ1n) is 12.2. The summed E-state index contributed by atoms with van der Waals surface area (Å²) >= 11 is 0. The van der Waals surface area contributed by atoms with Gasteiger partial charge in [0, 0.05) is 29.6 Å². The average Bonchev–Trinajstić information content (AvgIpc) is 3.70. The number of ether oxygens (including phenoxy) is 1. The molecule has 2 saturated carbocycles. The highest BCUT2D eigenvalue weighted by molar-refractivity contribution is 6.10. The highest BCUT2D eigenvalue weighted by Crippen LogP contribution is 2.39. The maximum atomic E-state index is 13.2. The maximum Gasteiger partial charge on any atom is 0.169 e. The monoisotopic (exact) mass is 459 g/mol. The van der Waals surface area contributed by atoms with Crippen LogP contribution in [0.3, 0.4) is 0 Å². The number of pyridine rings is 1. The molecule has 2 aliphatic carbocycles. The highest BCUT2D eigenvalue weighted by atomic mass is 16.5. The van der Waals surface area contributed by atoms with Gasteiger partial charge in [-0.3, -0.25) is 9.78 Å². The molecule has 3 aromatic rings. The summed E-state index contributed by atoms with van der Waals surface area (Å²) in [6.45, 7) is 0. The molecule has 0 radical (unpaired) electrons. The number of aromatic nitrogens is 1. The molecule has 0 spiro atoms. The molecular formula is C28H33N3O3. The number of hydrogen-bond donors (Lipinski definition) is 2. The van der Waals surface area contributed by atoms with Crippen molar-refractivity contribution < 1.29 is 14.6 Å². The third-order valence-electron chi connectivity index (χ3n) is 7.37. The van der Waals surface area contributed by atoms with Crippen LogP contribution in [-0.4, -0.2) is 54.1 Å². The van der Waals surface area contributed by atoms with Gasteiger partial charge in [-0.2, -0.15) is 0 Å². The Morgan fingerprint density at radius 3 is 2.41 bits per heavy atom.